The van der Waals surface area contributed by atoms with Crippen LogP contribution in [-0.4, -0.2) is 25.2 Å². The summed E-state index contributed by atoms with van der Waals surface area (Å²) in [4.78, 5) is 20.6. The maximum Gasteiger partial charge on any atom is 0.137 e. The van der Waals surface area contributed by atoms with Gasteiger partial charge in [0, 0.05) is 5.92 Å². The summed E-state index contributed by atoms with van der Waals surface area (Å²) in [6.07, 6.45) is 3.52. The van der Waals surface area contributed by atoms with Crippen LogP contribution in [0.25, 0.3) is 0 Å². The van der Waals surface area contributed by atoms with Gasteiger partial charge in [-0.2, -0.15) is 0 Å². The fourth-order valence-electron chi connectivity index (χ4n) is 1.24. The highest BCUT2D eigenvalue weighted by Crippen LogP contribution is 2.11. The third kappa shape index (κ3) is 1.42. The SMILES string of the molecule is O=C[C@@H]1CCCN[C@@H]1C=O. The number of aldehydes is 2. The Labute approximate surface area is 59.8 Å². The predicted molar refractivity (Wildman–Crippen MR) is 36.6 cm³/mol. The molecule has 1 aliphatic rings. The molecule has 0 saturated carbocycles. The van der Waals surface area contributed by atoms with Crippen LogP contribution >= 0.6 is 0 Å². The molecule has 1 heterocycles. The zero-order chi connectivity index (χ0) is 7.40. The van der Waals surface area contributed by atoms with Crippen molar-refractivity contribution in [1.29, 1.82) is 0 Å². The molecular weight excluding hydrogens is 130 g/mol. The molecule has 3 heteroatoms. The number of carbonyl (C=O) groups is 2. The van der Waals surface area contributed by atoms with Gasteiger partial charge in [-0.15, -0.1) is 0 Å². The van der Waals surface area contributed by atoms with Crippen LogP contribution in [0.1, 0.15) is 12.8 Å². The third-order valence-electron chi connectivity index (χ3n) is 1.88. The highest BCUT2D eigenvalue weighted by atomic mass is 16.1. The summed E-state index contributed by atoms with van der Waals surface area (Å²) < 4.78 is 0. The summed E-state index contributed by atoms with van der Waals surface area (Å²) in [6.45, 7) is 0.855. The van der Waals surface area contributed by atoms with Crippen LogP contribution in [0.2, 0.25) is 0 Å². The van der Waals surface area contributed by atoms with Crippen LogP contribution in [0.4, 0.5) is 0 Å². The predicted octanol–water partition coefficient (Wildman–Crippen LogP) is -0.248. The molecular formula is C7H11NO2. The number of hydrogen-bond acceptors (Lipinski definition) is 3. The number of piperidine rings is 1. The van der Waals surface area contributed by atoms with E-state index in [9.17, 15) is 9.59 Å². The molecule has 0 amide bonds. The molecule has 0 aromatic heterocycles. The highest BCUT2D eigenvalue weighted by Gasteiger charge is 2.22. The lowest BCUT2D eigenvalue weighted by Gasteiger charge is -2.23. The Morgan fingerprint density at radius 1 is 1.30 bits per heavy atom. The molecule has 0 aliphatic carbocycles. The fourth-order valence-corrected chi connectivity index (χ4v) is 1.24. The van der Waals surface area contributed by atoms with E-state index in [-0.39, 0.29) is 12.0 Å². The summed E-state index contributed by atoms with van der Waals surface area (Å²) in [5.74, 6) is -0.0914. The smallest absolute Gasteiger partial charge is 0.137 e. The van der Waals surface area contributed by atoms with Crippen molar-refractivity contribution >= 4 is 12.6 Å². The van der Waals surface area contributed by atoms with Gasteiger partial charge in [-0.25, -0.2) is 0 Å². The lowest BCUT2D eigenvalue weighted by atomic mass is 9.93. The van der Waals surface area contributed by atoms with Gasteiger partial charge >= 0.3 is 0 Å². The Balaban J connectivity index is 2.49. The van der Waals surface area contributed by atoms with Crippen molar-refractivity contribution in [2.24, 2.45) is 5.92 Å². The molecule has 0 aromatic carbocycles. The number of nitrogens with one attached hydrogen (secondary N) is 1. The Kier molecular flexibility index (Phi) is 2.57. The first-order chi connectivity index (χ1) is 4.88. The van der Waals surface area contributed by atoms with E-state index >= 15 is 0 Å². The van der Waals surface area contributed by atoms with E-state index in [4.69, 9.17) is 0 Å². The molecule has 0 radical (unpaired) electrons. The molecule has 1 aliphatic heterocycles. The van der Waals surface area contributed by atoms with Crippen LogP contribution in [0.15, 0.2) is 0 Å². The summed E-state index contributed by atoms with van der Waals surface area (Å²) in [6, 6.07) is -0.230. The number of carbonyl (C=O) groups excluding carboxylic acids is 2. The zero-order valence-corrected chi connectivity index (χ0v) is 5.75. The van der Waals surface area contributed by atoms with E-state index in [1.165, 1.54) is 0 Å². The minimum atomic E-state index is -0.230. The van der Waals surface area contributed by atoms with Gasteiger partial charge in [0.2, 0.25) is 0 Å². The summed E-state index contributed by atoms with van der Waals surface area (Å²) >= 11 is 0. The molecule has 3 nitrogen and oxygen atoms in total. The van der Waals surface area contributed by atoms with Crippen molar-refractivity contribution in [3.63, 3.8) is 0 Å². The van der Waals surface area contributed by atoms with Crippen molar-refractivity contribution in [3.8, 4) is 0 Å². The summed E-state index contributed by atoms with van der Waals surface area (Å²) in [5, 5.41) is 2.97. The van der Waals surface area contributed by atoms with Gasteiger partial charge in [-0.3, -0.25) is 0 Å². The van der Waals surface area contributed by atoms with Gasteiger partial charge in [-0.1, -0.05) is 0 Å². The van der Waals surface area contributed by atoms with E-state index in [2.05, 4.69) is 5.32 Å². The molecule has 10 heavy (non-hydrogen) atoms. The molecule has 0 bridgehead atoms. The summed E-state index contributed by atoms with van der Waals surface area (Å²) in [5.41, 5.74) is 0. The van der Waals surface area contributed by atoms with Gasteiger partial charge in [-0.05, 0) is 19.4 Å². The highest BCUT2D eigenvalue weighted by molar-refractivity contribution is 5.68. The number of hydrogen-bond donors (Lipinski definition) is 1. The first kappa shape index (κ1) is 7.41. The standard InChI is InChI=1S/C7H11NO2/c9-4-6-2-1-3-8-7(6)5-10/h4-8H,1-3H2/t6-,7+/m0/s1. The van der Waals surface area contributed by atoms with Crippen molar-refractivity contribution < 1.29 is 9.59 Å². The second-order valence-corrected chi connectivity index (χ2v) is 2.56. The average Bonchev–Trinajstić information content (AvgIpc) is 2.04. The van der Waals surface area contributed by atoms with Crippen molar-refractivity contribution in [3.05, 3.63) is 0 Å². The topological polar surface area (TPSA) is 46.2 Å². The molecule has 1 rings (SSSR count). The van der Waals surface area contributed by atoms with Crippen LogP contribution in [-0.2, 0) is 9.59 Å². The second kappa shape index (κ2) is 3.46. The van der Waals surface area contributed by atoms with Crippen LogP contribution in [0, 0.1) is 5.92 Å². The maximum atomic E-state index is 10.3. The monoisotopic (exact) mass is 141 g/mol. The normalized spacial score (nSPS) is 33.2. The first-order valence-electron chi connectivity index (χ1n) is 3.52. The Morgan fingerprint density at radius 3 is 2.60 bits per heavy atom. The molecule has 0 spiro atoms. The molecule has 2 atom stereocenters. The Morgan fingerprint density at radius 2 is 2.10 bits per heavy atom. The molecule has 56 valence electrons. The van der Waals surface area contributed by atoms with Gasteiger partial charge in [0.1, 0.15) is 12.6 Å². The lowest BCUT2D eigenvalue weighted by Crippen LogP contribution is -2.42. The lowest BCUT2D eigenvalue weighted by molar-refractivity contribution is -0.118. The van der Waals surface area contributed by atoms with Crippen LogP contribution in [0.5, 0.6) is 0 Å². The first-order valence-corrected chi connectivity index (χ1v) is 3.52. The molecule has 1 N–H and O–H groups in total. The Bertz CT molecular complexity index is 120. The van der Waals surface area contributed by atoms with Gasteiger partial charge in [0.15, 0.2) is 0 Å². The maximum absolute atomic E-state index is 10.3. The van der Waals surface area contributed by atoms with Gasteiger partial charge in [0.05, 0.1) is 6.04 Å². The minimum absolute atomic E-state index is 0.0914. The fraction of sp³-hybridized carbons (Fsp3) is 0.714. The van der Waals surface area contributed by atoms with Gasteiger partial charge < -0.3 is 14.9 Å². The molecule has 0 aromatic rings. The van der Waals surface area contributed by atoms with Crippen molar-refractivity contribution in [1.82, 2.24) is 5.32 Å². The molecule has 0 unspecified atom stereocenters. The quantitative estimate of drug-likeness (QED) is 0.539. The van der Waals surface area contributed by atoms with E-state index in [0.29, 0.717) is 0 Å². The van der Waals surface area contributed by atoms with E-state index < -0.39 is 0 Å². The molecule has 1 fully saturated rings. The van der Waals surface area contributed by atoms with E-state index in [1.54, 1.807) is 0 Å². The Hall–Kier alpha value is -0.700. The van der Waals surface area contributed by atoms with Crippen molar-refractivity contribution in [2.45, 2.75) is 18.9 Å². The minimum Gasteiger partial charge on any atom is -0.307 e. The zero-order valence-electron chi connectivity index (χ0n) is 5.75. The molecule has 1 saturated heterocycles. The summed E-state index contributed by atoms with van der Waals surface area (Å²) in [7, 11) is 0. The number of rotatable bonds is 2. The van der Waals surface area contributed by atoms with Crippen LogP contribution < -0.4 is 5.32 Å². The second-order valence-electron chi connectivity index (χ2n) is 2.56. The third-order valence-corrected chi connectivity index (χ3v) is 1.88. The van der Waals surface area contributed by atoms with Gasteiger partial charge in [0.25, 0.3) is 0 Å². The largest absolute Gasteiger partial charge is 0.307 e. The van der Waals surface area contributed by atoms with E-state index in [1.807, 2.05) is 0 Å². The van der Waals surface area contributed by atoms with E-state index in [0.717, 1.165) is 32.0 Å². The van der Waals surface area contributed by atoms with Crippen LogP contribution in [0.3, 0.4) is 0 Å². The van der Waals surface area contributed by atoms with Crippen molar-refractivity contribution in [2.75, 3.05) is 6.54 Å². The average molecular weight is 141 g/mol.